The molecule has 26 heavy (non-hydrogen) atoms. The lowest BCUT2D eigenvalue weighted by atomic mass is 10.1. The molecule has 0 unspecified atom stereocenters. The first kappa shape index (κ1) is 23.8. The number of halogens is 9. The lowest BCUT2D eigenvalue weighted by molar-refractivity contribution is -0.0944. The number of ether oxygens (including phenoxy) is 1. The standard InChI is InChI=1S/C13H12Cl9N3O/c1-26-9-4-2-8(3-5-9)10-24(12(17,18)19)6-23(11(14,15)16)7-25(10)13(20,21)22/h2-5,10H,6-7H2,1H3. The second-order valence-corrected chi connectivity index (χ2v) is 12.0. The molecular weight excluding hydrogens is 533 g/mol. The maximum Gasteiger partial charge on any atom is 0.250 e. The highest BCUT2D eigenvalue weighted by molar-refractivity contribution is 6.68. The van der Waals surface area contributed by atoms with Gasteiger partial charge in [0.05, 0.1) is 26.6 Å². The van der Waals surface area contributed by atoms with Gasteiger partial charge in [-0.1, -0.05) is 117 Å². The van der Waals surface area contributed by atoms with E-state index in [1.807, 2.05) is 0 Å². The number of hydrogen-bond donors (Lipinski definition) is 0. The lowest BCUT2D eigenvalue weighted by Gasteiger charge is -2.53. The second kappa shape index (κ2) is 8.71. The van der Waals surface area contributed by atoms with Crippen LogP contribution in [0.5, 0.6) is 5.75 Å². The molecule has 1 aromatic rings. The van der Waals surface area contributed by atoms with Crippen LogP contribution in [0.4, 0.5) is 0 Å². The van der Waals surface area contributed by atoms with Crippen molar-refractivity contribution in [3.63, 3.8) is 0 Å². The van der Waals surface area contributed by atoms with E-state index in [-0.39, 0.29) is 13.3 Å². The lowest BCUT2D eigenvalue weighted by Crippen LogP contribution is -2.64. The van der Waals surface area contributed by atoms with Gasteiger partial charge in [0.2, 0.25) is 11.7 Å². The summed E-state index contributed by atoms with van der Waals surface area (Å²) in [6.07, 6.45) is -0.732. The Hall–Kier alpha value is 1.51. The van der Waals surface area contributed by atoms with Crippen molar-refractivity contribution in [2.75, 3.05) is 20.4 Å². The van der Waals surface area contributed by atoms with Crippen molar-refractivity contribution < 1.29 is 4.74 Å². The summed E-state index contributed by atoms with van der Waals surface area (Å²) < 4.78 is -0.413. The number of rotatable bonds is 2. The van der Waals surface area contributed by atoms with Crippen LogP contribution in [0.2, 0.25) is 0 Å². The van der Waals surface area contributed by atoms with Crippen LogP contribution in [-0.2, 0) is 0 Å². The van der Waals surface area contributed by atoms with E-state index in [4.69, 9.17) is 109 Å². The van der Waals surface area contributed by atoms with Gasteiger partial charge in [0.1, 0.15) is 5.75 Å². The van der Waals surface area contributed by atoms with Crippen LogP contribution in [-0.4, -0.2) is 46.9 Å². The molecule has 0 saturated carbocycles. The molecule has 1 fully saturated rings. The van der Waals surface area contributed by atoms with Gasteiger partial charge in [-0.3, -0.25) is 0 Å². The summed E-state index contributed by atoms with van der Waals surface area (Å²) in [4.78, 5) is 4.18. The van der Waals surface area contributed by atoms with Crippen molar-refractivity contribution in [3.05, 3.63) is 29.8 Å². The minimum atomic E-state index is -1.88. The minimum absolute atomic E-state index is 0.0130. The minimum Gasteiger partial charge on any atom is -0.497 e. The molecule has 1 aliphatic rings. The van der Waals surface area contributed by atoms with Gasteiger partial charge in [0, 0.05) is 0 Å². The van der Waals surface area contributed by atoms with E-state index in [0.717, 1.165) is 0 Å². The fraction of sp³-hybridized carbons (Fsp3) is 0.538. The summed E-state index contributed by atoms with van der Waals surface area (Å²) in [5.41, 5.74) is 0.687. The highest BCUT2D eigenvalue weighted by atomic mass is 35.6. The van der Waals surface area contributed by atoms with Crippen LogP contribution in [0.15, 0.2) is 24.3 Å². The molecule has 1 aliphatic heterocycles. The average Bonchev–Trinajstić information content (AvgIpc) is 2.51. The van der Waals surface area contributed by atoms with Crippen molar-refractivity contribution in [2.45, 2.75) is 17.9 Å². The van der Waals surface area contributed by atoms with Gasteiger partial charge in [-0.25, -0.2) is 14.7 Å². The van der Waals surface area contributed by atoms with E-state index in [9.17, 15) is 0 Å². The number of alkyl halides is 9. The van der Waals surface area contributed by atoms with E-state index in [2.05, 4.69) is 0 Å². The molecule has 0 N–H and O–H groups in total. The molecule has 1 saturated heterocycles. The molecule has 0 spiro atoms. The normalized spacial score (nSPS) is 19.8. The second-order valence-electron chi connectivity index (χ2n) is 5.31. The van der Waals surface area contributed by atoms with Crippen molar-refractivity contribution in [3.8, 4) is 5.75 Å². The molecule has 2 rings (SSSR count). The maximum atomic E-state index is 6.17. The molecule has 0 amide bonds. The van der Waals surface area contributed by atoms with Crippen LogP contribution in [0, 0.1) is 0 Å². The summed E-state index contributed by atoms with van der Waals surface area (Å²) in [6.45, 7) is -0.0259. The van der Waals surface area contributed by atoms with Crippen LogP contribution < -0.4 is 4.74 Å². The van der Waals surface area contributed by atoms with Gasteiger partial charge in [-0.05, 0) is 17.7 Å². The quantitative estimate of drug-likeness (QED) is 0.312. The van der Waals surface area contributed by atoms with E-state index in [1.165, 1.54) is 14.7 Å². The maximum absolute atomic E-state index is 6.17. The number of hydrogen-bond acceptors (Lipinski definition) is 4. The number of nitrogens with zero attached hydrogens (tertiary/aromatic N) is 3. The fourth-order valence-corrected chi connectivity index (χ4v) is 3.67. The Balaban J connectivity index is 2.53. The number of methoxy groups -OCH3 is 1. The highest BCUT2D eigenvalue weighted by Crippen LogP contribution is 2.49. The molecule has 0 bridgehead atoms. The monoisotopic (exact) mass is 541 g/mol. The summed E-state index contributed by atoms with van der Waals surface area (Å²) in [7, 11) is 1.55. The zero-order chi connectivity index (χ0) is 19.9. The zero-order valence-electron chi connectivity index (χ0n) is 13.0. The Kier molecular flexibility index (Phi) is 7.97. The van der Waals surface area contributed by atoms with E-state index in [0.29, 0.717) is 11.3 Å². The number of benzene rings is 1. The fourth-order valence-electron chi connectivity index (χ4n) is 2.47. The molecule has 148 valence electrons. The molecule has 0 atom stereocenters. The van der Waals surface area contributed by atoms with Crippen LogP contribution >= 0.6 is 104 Å². The third-order valence-electron chi connectivity index (χ3n) is 3.66. The first-order valence-corrected chi connectivity index (χ1v) is 10.3. The molecule has 4 nitrogen and oxygen atoms in total. The Labute approximate surface area is 196 Å². The predicted octanol–water partition coefficient (Wildman–Crippen LogP) is 6.51. The van der Waals surface area contributed by atoms with Gasteiger partial charge in [-0.2, -0.15) is 0 Å². The summed E-state index contributed by atoms with van der Waals surface area (Å²) in [6, 6.07) is 7.01. The molecule has 1 aromatic carbocycles. The predicted molar refractivity (Wildman–Crippen MR) is 112 cm³/mol. The first-order valence-electron chi connectivity index (χ1n) is 6.88. The Morgan fingerprint density at radius 2 is 1.19 bits per heavy atom. The van der Waals surface area contributed by atoms with Gasteiger partial charge in [-0.15, -0.1) is 0 Å². The largest absolute Gasteiger partial charge is 0.497 e. The molecule has 13 heteroatoms. The average molecular weight is 545 g/mol. The molecular formula is C13H12Cl9N3O. The van der Waals surface area contributed by atoms with Crippen LogP contribution in [0.25, 0.3) is 0 Å². The summed E-state index contributed by atoms with van der Waals surface area (Å²) in [5, 5.41) is 0. The summed E-state index contributed by atoms with van der Waals surface area (Å²) >= 11 is 55.0. The van der Waals surface area contributed by atoms with E-state index < -0.39 is 17.9 Å². The highest BCUT2D eigenvalue weighted by Gasteiger charge is 2.52. The third kappa shape index (κ3) is 5.78. The van der Waals surface area contributed by atoms with Gasteiger partial charge >= 0.3 is 0 Å². The molecule has 1 heterocycles. The van der Waals surface area contributed by atoms with E-state index in [1.54, 1.807) is 31.4 Å². The van der Waals surface area contributed by atoms with Gasteiger partial charge in [0.15, 0.2) is 0 Å². The van der Waals surface area contributed by atoms with Crippen molar-refractivity contribution >= 4 is 104 Å². The molecule has 0 aromatic heterocycles. The van der Waals surface area contributed by atoms with E-state index >= 15 is 0 Å². The van der Waals surface area contributed by atoms with Crippen molar-refractivity contribution in [1.82, 2.24) is 14.7 Å². The topological polar surface area (TPSA) is 19.0 Å². The summed E-state index contributed by atoms with van der Waals surface area (Å²) in [5.74, 6) is 0.647. The Morgan fingerprint density at radius 1 is 0.769 bits per heavy atom. The van der Waals surface area contributed by atoms with Gasteiger partial charge < -0.3 is 4.74 Å². The first-order chi connectivity index (χ1) is 11.7. The van der Waals surface area contributed by atoms with Crippen LogP contribution in [0.3, 0.4) is 0 Å². The van der Waals surface area contributed by atoms with Crippen molar-refractivity contribution in [1.29, 1.82) is 0 Å². The Morgan fingerprint density at radius 3 is 1.50 bits per heavy atom. The molecule has 0 radical (unpaired) electrons. The van der Waals surface area contributed by atoms with Gasteiger partial charge in [0.25, 0.3) is 0 Å². The third-order valence-corrected chi connectivity index (χ3v) is 5.68. The zero-order valence-corrected chi connectivity index (χ0v) is 19.8. The van der Waals surface area contributed by atoms with Crippen molar-refractivity contribution in [2.24, 2.45) is 0 Å². The van der Waals surface area contributed by atoms with Crippen LogP contribution in [0.1, 0.15) is 11.7 Å². The smallest absolute Gasteiger partial charge is 0.250 e. The SMILES string of the molecule is COc1ccc(C2N(C(Cl)(Cl)Cl)CN(C(Cl)(Cl)Cl)CN2C(Cl)(Cl)Cl)cc1. The Bertz CT molecular complexity index is 587. The molecule has 0 aliphatic carbocycles.